The molecule has 1 aliphatic heterocycles. The van der Waals surface area contributed by atoms with Gasteiger partial charge in [0.05, 0.1) is 6.04 Å². The second kappa shape index (κ2) is 6.96. The average Bonchev–Trinajstić information content (AvgIpc) is 3.38. The van der Waals surface area contributed by atoms with Crippen molar-refractivity contribution in [3.8, 4) is 11.3 Å². The Morgan fingerprint density at radius 2 is 1.69 bits per heavy atom. The highest BCUT2D eigenvalue weighted by Gasteiger charge is 2.36. The zero-order valence-electron chi connectivity index (χ0n) is 14.2. The number of hydrogen-bond donors (Lipinski definition) is 0. The van der Waals surface area contributed by atoms with Crippen LogP contribution in [0.15, 0.2) is 71.3 Å². The van der Waals surface area contributed by atoms with Crippen LogP contribution in [0.4, 0.5) is 0 Å². The molecule has 1 saturated heterocycles. The van der Waals surface area contributed by atoms with Crippen molar-refractivity contribution in [1.82, 2.24) is 10.1 Å². The van der Waals surface area contributed by atoms with E-state index in [1.54, 1.807) is 23.1 Å². The molecule has 2 aromatic carbocycles. The van der Waals surface area contributed by atoms with Gasteiger partial charge in [0.15, 0.2) is 17.2 Å². The smallest absolute Gasteiger partial charge is 0.276 e. The van der Waals surface area contributed by atoms with Crippen molar-refractivity contribution >= 4 is 11.7 Å². The Bertz CT molecular complexity index is 919. The molecular formula is C21H18N2O3. The molecule has 0 radical (unpaired) electrons. The van der Waals surface area contributed by atoms with E-state index in [4.69, 9.17) is 4.52 Å². The molecule has 1 amide bonds. The summed E-state index contributed by atoms with van der Waals surface area (Å²) < 4.78 is 5.33. The summed E-state index contributed by atoms with van der Waals surface area (Å²) in [7, 11) is 0. The second-order valence-corrected chi connectivity index (χ2v) is 6.33. The number of amides is 1. The van der Waals surface area contributed by atoms with E-state index in [0.29, 0.717) is 24.3 Å². The van der Waals surface area contributed by atoms with Crippen molar-refractivity contribution in [2.24, 2.45) is 0 Å². The topological polar surface area (TPSA) is 63.4 Å². The summed E-state index contributed by atoms with van der Waals surface area (Å²) in [6, 6.07) is 19.8. The Morgan fingerprint density at radius 3 is 2.42 bits per heavy atom. The summed E-state index contributed by atoms with van der Waals surface area (Å²) in [5.41, 5.74) is 1.72. The zero-order valence-corrected chi connectivity index (χ0v) is 14.2. The lowest BCUT2D eigenvalue weighted by Gasteiger charge is -2.22. The van der Waals surface area contributed by atoms with Crippen molar-refractivity contribution < 1.29 is 14.1 Å². The largest absolute Gasteiger partial charge is 0.355 e. The van der Waals surface area contributed by atoms with E-state index in [9.17, 15) is 9.59 Å². The van der Waals surface area contributed by atoms with E-state index in [-0.39, 0.29) is 17.4 Å². The second-order valence-electron chi connectivity index (χ2n) is 6.33. The number of hydrogen-bond acceptors (Lipinski definition) is 4. The standard InChI is InChI=1S/C21H18N2O3/c24-20(16-10-5-2-6-11-16)18-12-7-13-23(18)21(25)17-14-19(26-22-17)15-8-3-1-4-9-15/h1-6,8-11,14,18H,7,12-13H2. The highest BCUT2D eigenvalue weighted by Crippen LogP contribution is 2.25. The van der Waals surface area contributed by atoms with Crippen molar-refractivity contribution in [2.75, 3.05) is 6.54 Å². The molecule has 3 aromatic rings. The number of benzene rings is 2. The van der Waals surface area contributed by atoms with Crippen LogP contribution < -0.4 is 0 Å². The van der Waals surface area contributed by atoms with Gasteiger partial charge in [0, 0.05) is 23.7 Å². The molecule has 0 N–H and O–H groups in total. The number of aromatic nitrogens is 1. The number of nitrogens with zero attached hydrogens (tertiary/aromatic N) is 2. The van der Waals surface area contributed by atoms with Crippen LogP contribution in [-0.4, -0.2) is 34.3 Å². The van der Waals surface area contributed by atoms with Gasteiger partial charge in [-0.05, 0) is 12.8 Å². The molecule has 1 aromatic heterocycles. The van der Waals surface area contributed by atoms with Gasteiger partial charge < -0.3 is 9.42 Å². The maximum Gasteiger partial charge on any atom is 0.276 e. The molecule has 0 bridgehead atoms. The van der Waals surface area contributed by atoms with Crippen LogP contribution in [0.3, 0.4) is 0 Å². The Labute approximate surface area is 151 Å². The van der Waals surface area contributed by atoms with E-state index in [1.807, 2.05) is 48.5 Å². The first-order valence-corrected chi connectivity index (χ1v) is 8.66. The molecule has 1 atom stereocenters. The highest BCUT2D eigenvalue weighted by atomic mass is 16.5. The number of Topliss-reactive ketones (excluding diaryl/α,β-unsaturated/α-hetero) is 1. The summed E-state index contributed by atoms with van der Waals surface area (Å²) in [6.45, 7) is 0.551. The molecule has 130 valence electrons. The van der Waals surface area contributed by atoms with Crippen LogP contribution in [-0.2, 0) is 0 Å². The van der Waals surface area contributed by atoms with Gasteiger partial charge in [-0.1, -0.05) is 65.8 Å². The maximum atomic E-state index is 12.9. The fourth-order valence-electron chi connectivity index (χ4n) is 3.34. The van der Waals surface area contributed by atoms with Crippen molar-refractivity contribution in [1.29, 1.82) is 0 Å². The molecule has 1 unspecified atom stereocenters. The first kappa shape index (κ1) is 16.3. The monoisotopic (exact) mass is 346 g/mol. The molecule has 2 heterocycles. The third kappa shape index (κ3) is 3.04. The van der Waals surface area contributed by atoms with Crippen molar-refractivity contribution in [3.63, 3.8) is 0 Å². The fourth-order valence-corrected chi connectivity index (χ4v) is 3.34. The first-order chi connectivity index (χ1) is 12.7. The lowest BCUT2D eigenvalue weighted by molar-refractivity contribution is 0.0663. The molecular weight excluding hydrogens is 328 g/mol. The predicted octanol–water partition coefficient (Wildman–Crippen LogP) is 3.83. The third-order valence-electron chi connectivity index (χ3n) is 4.66. The minimum absolute atomic E-state index is 0.0248. The normalized spacial score (nSPS) is 16.6. The molecule has 0 saturated carbocycles. The van der Waals surface area contributed by atoms with Gasteiger partial charge in [-0.25, -0.2) is 0 Å². The minimum atomic E-state index is -0.443. The van der Waals surface area contributed by atoms with E-state index in [0.717, 1.165) is 12.0 Å². The molecule has 0 spiro atoms. The van der Waals surface area contributed by atoms with Gasteiger partial charge >= 0.3 is 0 Å². The molecule has 1 aliphatic rings. The van der Waals surface area contributed by atoms with Crippen LogP contribution in [0.1, 0.15) is 33.7 Å². The van der Waals surface area contributed by atoms with Gasteiger partial charge in [0.25, 0.3) is 5.91 Å². The summed E-state index contributed by atoms with van der Waals surface area (Å²) in [4.78, 5) is 27.3. The Kier molecular flexibility index (Phi) is 4.35. The van der Waals surface area contributed by atoms with E-state index >= 15 is 0 Å². The quantitative estimate of drug-likeness (QED) is 0.674. The predicted molar refractivity (Wildman–Crippen MR) is 96.8 cm³/mol. The molecule has 0 aliphatic carbocycles. The lowest BCUT2D eigenvalue weighted by Crippen LogP contribution is -2.40. The van der Waals surface area contributed by atoms with Crippen molar-refractivity contribution in [3.05, 3.63) is 78.0 Å². The minimum Gasteiger partial charge on any atom is -0.355 e. The summed E-state index contributed by atoms with van der Waals surface area (Å²) in [6.07, 6.45) is 1.47. The maximum absolute atomic E-state index is 12.9. The Morgan fingerprint density at radius 1 is 1.00 bits per heavy atom. The van der Waals surface area contributed by atoms with Crippen molar-refractivity contribution in [2.45, 2.75) is 18.9 Å². The number of rotatable bonds is 4. The van der Waals surface area contributed by atoms with E-state index in [1.165, 1.54) is 0 Å². The molecule has 4 rings (SSSR count). The van der Waals surface area contributed by atoms with Gasteiger partial charge in [-0.3, -0.25) is 9.59 Å². The summed E-state index contributed by atoms with van der Waals surface area (Å²) in [5.74, 6) is 0.255. The van der Waals surface area contributed by atoms with E-state index in [2.05, 4.69) is 5.16 Å². The Hall–Kier alpha value is -3.21. The zero-order chi connectivity index (χ0) is 17.9. The van der Waals surface area contributed by atoms with Crippen LogP contribution in [0.2, 0.25) is 0 Å². The number of carbonyl (C=O) groups is 2. The van der Waals surface area contributed by atoms with Gasteiger partial charge in [0.1, 0.15) is 0 Å². The van der Waals surface area contributed by atoms with Gasteiger partial charge in [-0.15, -0.1) is 0 Å². The molecule has 5 nitrogen and oxygen atoms in total. The van der Waals surface area contributed by atoms with Crippen LogP contribution in [0.25, 0.3) is 11.3 Å². The lowest BCUT2D eigenvalue weighted by atomic mass is 10.0. The van der Waals surface area contributed by atoms with Crippen LogP contribution >= 0.6 is 0 Å². The Balaban J connectivity index is 1.56. The van der Waals surface area contributed by atoms with Gasteiger partial charge in [0.2, 0.25) is 0 Å². The number of ketones is 1. The SMILES string of the molecule is O=C(c1ccccc1)C1CCCN1C(=O)c1cc(-c2ccccc2)on1. The highest BCUT2D eigenvalue weighted by molar-refractivity contribution is 6.04. The van der Waals surface area contributed by atoms with E-state index < -0.39 is 6.04 Å². The first-order valence-electron chi connectivity index (χ1n) is 8.66. The third-order valence-corrected chi connectivity index (χ3v) is 4.66. The fraction of sp³-hybridized carbons (Fsp3) is 0.190. The summed E-state index contributed by atoms with van der Waals surface area (Å²) >= 11 is 0. The number of carbonyl (C=O) groups excluding carboxylic acids is 2. The average molecular weight is 346 g/mol. The molecule has 26 heavy (non-hydrogen) atoms. The summed E-state index contributed by atoms with van der Waals surface area (Å²) in [5, 5.41) is 3.93. The number of likely N-dealkylation sites (tertiary alicyclic amines) is 1. The van der Waals surface area contributed by atoms with Gasteiger partial charge in [-0.2, -0.15) is 0 Å². The van der Waals surface area contributed by atoms with Crippen LogP contribution in [0.5, 0.6) is 0 Å². The molecule has 5 heteroatoms. The molecule has 1 fully saturated rings. The van der Waals surface area contributed by atoms with Crippen LogP contribution in [0, 0.1) is 0 Å².